The van der Waals surface area contributed by atoms with Gasteiger partial charge in [0, 0.05) is 13.0 Å². The van der Waals surface area contributed by atoms with Crippen LogP contribution in [0.25, 0.3) is 0 Å². The quantitative estimate of drug-likeness (QED) is 0.408. The van der Waals surface area contributed by atoms with Crippen LogP contribution in [-0.4, -0.2) is 35.7 Å². The second-order valence-electron chi connectivity index (χ2n) is 7.58. The molecule has 0 saturated carbocycles. The molecular formula is C26H28N2O3S. The minimum Gasteiger partial charge on any atom is -0.491 e. The van der Waals surface area contributed by atoms with Gasteiger partial charge in [-0.15, -0.1) is 0 Å². The van der Waals surface area contributed by atoms with Gasteiger partial charge in [0.1, 0.15) is 19.0 Å². The van der Waals surface area contributed by atoms with Gasteiger partial charge in [-0.25, -0.2) is 0 Å². The van der Waals surface area contributed by atoms with Crippen molar-refractivity contribution in [2.45, 2.75) is 32.7 Å². The molecule has 5 nitrogen and oxygen atoms in total. The van der Waals surface area contributed by atoms with E-state index in [4.69, 9.17) is 14.5 Å². The monoisotopic (exact) mass is 448 g/mol. The molecule has 32 heavy (non-hydrogen) atoms. The highest BCUT2D eigenvalue weighted by molar-refractivity contribution is 8.18. The first-order valence-corrected chi connectivity index (χ1v) is 11.9. The molecule has 1 amide bonds. The van der Waals surface area contributed by atoms with Gasteiger partial charge in [-0.1, -0.05) is 61.6 Å². The lowest BCUT2D eigenvalue weighted by atomic mass is 10.0. The fourth-order valence-electron chi connectivity index (χ4n) is 3.55. The molecular weight excluding hydrogens is 420 g/mol. The normalized spacial score (nSPS) is 21.5. The lowest BCUT2D eigenvalue weighted by molar-refractivity contribution is -0.121. The Morgan fingerprint density at radius 3 is 2.75 bits per heavy atom. The number of hydrogen-bond donors (Lipinski definition) is 0. The fraction of sp³-hybridized carbons (Fsp3) is 0.308. The number of rotatable bonds is 7. The van der Waals surface area contributed by atoms with E-state index in [-0.39, 0.29) is 5.91 Å². The zero-order chi connectivity index (χ0) is 22.2. The number of aliphatic imine (C=N–C) groups is 1. The highest BCUT2D eigenvalue weighted by Crippen LogP contribution is 2.35. The molecule has 0 radical (unpaired) electrons. The highest BCUT2D eigenvalue weighted by Gasteiger charge is 2.33. The van der Waals surface area contributed by atoms with Gasteiger partial charge < -0.3 is 9.47 Å². The third-order valence-electron chi connectivity index (χ3n) is 5.20. The van der Waals surface area contributed by atoms with Crippen LogP contribution in [0.1, 0.15) is 31.7 Å². The number of carbonyl (C=O) groups is 1. The van der Waals surface area contributed by atoms with Crippen molar-refractivity contribution in [1.82, 2.24) is 4.90 Å². The summed E-state index contributed by atoms with van der Waals surface area (Å²) in [6.07, 6.45) is 14.7. The number of amides is 1. The number of ether oxygens (including phenoxy) is 2. The topological polar surface area (TPSA) is 51.1 Å². The second-order valence-corrected chi connectivity index (χ2v) is 8.59. The molecule has 0 spiro atoms. The van der Waals surface area contributed by atoms with E-state index >= 15 is 0 Å². The van der Waals surface area contributed by atoms with Gasteiger partial charge in [0.05, 0.1) is 11.4 Å². The molecule has 2 aliphatic heterocycles. The first-order chi connectivity index (χ1) is 15.7. The third kappa shape index (κ3) is 5.62. The van der Waals surface area contributed by atoms with Crippen molar-refractivity contribution in [2.24, 2.45) is 4.99 Å². The van der Waals surface area contributed by atoms with E-state index in [2.05, 4.69) is 13.0 Å². The lowest BCUT2D eigenvalue weighted by Crippen LogP contribution is -2.29. The fourth-order valence-corrected chi connectivity index (χ4v) is 4.56. The first kappa shape index (κ1) is 22.2. The molecule has 0 N–H and O–H groups in total. The summed E-state index contributed by atoms with van der Waals surface area (Å²) in [5.74, 6) is 1.71. The van der Waals surface area contributed by atoms with Crippen LogP contribution in [0.3, 0.4) is 0 Å². The van der Waals surface area contributed by atoms with Crippen molar-refractivity contribution in [3.05, 3.63) is 94.3 Å². The Bertz CT molecular complexity index is 1020. The minimum absolute atomic E-state index is 0.00702. The second kappa shape index (κ2) is 11.0. The summed E-state index contributed by atoms with van der Waals surface area (Å²) in [6, 6.07) is 10.1. The minimum atomic E-state index is -0.00702. The van der Waals surface area contributed by atoms with E-state index in [0.29, 0.717) is 31.2 Å². The molecule has 1 aromatic rings. The molecule has 0 aromatic heterocycles. The Balaban J connectivity index is 1.54. The molecule has 3 aliphatic rings. The lowest BCUT2D eigenvalue weighted by Gasteiger charge is -2.24. The van der Waals surface area contributed by atoms with Gasteiger partial charge in [0.2, 0.25) is 0 Å². The Labute approximate surface area is 193 Å². The maximum atomic E-state index is 13.2. The van der Waals surface area contributed by atoms with E-state index in [0.717, 1.165) is 47.1 Å². The van der Waals surface area contributed by atoms with Gasteiger partial charge in [-0.05, 0) is 47.9 Å². The average Bonchev–Trinajstić information content (AvgIpc) is 3.12. The van der Waals surface area contributed by atoms with Crippen LogP contribution in [-0.2, 0) is 20.8 Å². The van der Waals surface area contributed by atoms with Crippen LogP contribution >= 0.6 is 11.8 Å². The molecule has 166 valence electrons. The predicted octanol–water partition coefficient (Wildman–Crippen LogP) is 5.50. The van der Waals surface area contributed by atoms with Crippen molar-refractivity contribution in [1.29, 1.82) is 0 Å². The summed E-state index contributed by atoms with van der Waals surface area (Å²) < 4.78 is 11.4. The highest BCUT2D eigenvalue weighted by atomic mass is 32.2. The van der Waals surface area contributed by atoms with Crippen molar-refractivity contribution in [3.8, 4) is 0 Å². The Hall–Kier alpha value is -2.99. The van der Waals surface area contributed by atoms with Crippen LogP contribution in [0.15, 0.2) is 93.8 Å². The number of thioether (sulfide) groups is 1. The summed E-state index contributed by atoms with van der Waals surface area (Å²) in [6.45, 7) is 4.31. The van der Waals surface area contributed by atoms with Gasteiger partial charge in [0.25, 0.3) is 5.91 Å². The van der Waals surface area contributed by atoms with E-state index in [1.807, 2.05) is 60.7 Å². The number of nitrogens with zero attached hydrogens (tertiary/aromatic N) is 2. The van der Waals surface area contributed by atoms with E-state index in [9.17, 15) is 4.79 Å². The molecule has 1 fully saturated rings. The molecule has 1 aromatic carbocycles. The van der Waals surface area contributed by atoms with E-state index in [1.54, 1.807) is 4.90 Å². The number of allylic oxidation sites excluding steroid dienone is 7. The maximum absolute atomic E-state index is 13.2. The first-order valence-electron chi connectivity index (χ1n) is 11.1. The van der Waals surface area contributed by atoms with Crippen LogP contribution in [0.4, 0.5) is 0 Å². The van der Waals surface area contributed by atoms with Gasteiger partial charge in [-0.3, -0.25) is 14.7 Å². The third-order valence-corrected chi connectivity index (χ3v) is 6.24. The number of hydrogen-bond acceptors (Lipinski definition) is 5. The van der Waals surface area contributed by atoms with Crippen LogP contribution in [0, 0.1) is 0 Å². The largest absolute Gasteiger partial charge is 0.491 e. The van der Waals surface area contributed by atoms with Crippen LogP contribution < -0.4 is 0 Å². The molecule has 6 heteroatoms. The van der Waals surface area contributed by atoms with E-state index in [1.165, 1.54) is 11.8 Å². The number of carbonyl (C=O) groups excluding carboxylic acids is 1. The van der Waals surface area contributed by atoms with Gasteiger partial charge >= 0.3 is 0 Å². The number of amidine groups is 1. The molecule has 0 unspecified atom stereocenters. The number of benzene rings is 1. The Kier molecular flexibility index (Phi) is 7.67. The zero-order valence-corrected chi connectivity index (χ0v) is 19.1. The summed E-state index contributed by atoms with van der Waals surface area (Å²) in [4.78, 5) is 20.4. The summed E-state index contributed by atoms with van der Waals surface area (Å²) >= 11 is 1.44. The molecule has 4 rings (SSSR count). The smallest absolute Gasteiger partial charge is 0.267 e. The molecule has 1 aliphatic carbocycles. The predicted molar refractivity (Wildman–Crippen MR) is 130 cm³/mol. The SMILES string of the molecule is CC/C=C\C=C/CN1C(=O)/C(=C/C2=CC3=C(CC2)OCCO3)SC1=NCc1ccccc1. The maximum Gasteiger partial charge on any atom is 0.267 e. The van der Waals surface area contributed by atoms with Crippen LogP contribution in [0.5, 0.6) is 0 Å². The van der Waals surface area contributed by atoms with Gasteiger partial charge in [0.15, 0.2) is 10.9 Å². The van der Waals surface area contributed by atoms with Crippen molar-refractivity contribution < 1.29 is 14.3 Å². The molecule has 0 atom stereocenters. The summed E-state index contributed by atoms with van der Waals surface area (Å²) in [7, 11) is 0. The molecule has 2 heterocycles. The Morgan fingerprint density at radius 1 is 1.09 bits per heavy atom. The van der Waals surface area contributed by atoms with Crippen molar-refractivity contribution >= 4 is 22.8 Å². The van der Waals surface area contributed by atoms with Crippen LogP contribution in [0.2, 0.25) is 0 Å². The standard InChI is InChI=1S/C26H28N2O3S/c1-2-3-4-5-9-14-28-25(29)24(32-26(28)27-19-20-10-7-6-8-11-20)18-21-12-13-22-23(17-21)31-16-15-30-22/h3-11,17-18H,2,12-16,19H2,1H3/b4-3-,9-5-,24-18-,27-26?. The van der Waals surface area contributed by atoms with E-state index < -0.39 is 0 Å². The van der Waals surface area contributed by atoms with Gasteiger partial charge in [-0.2, -0.15) is 0 Å². The summed E-state index contributed by atoms with van der Waals surface area (Å²) in [5, 5.41) is 0.739. The van der Waals surface area contributed by atoms with Crippen molar-refractivity contribution in [3.63, 3.8) is 0 Å². The van der Waals surface area contributed by atoms with Crippen molar-refractivity contribution in [2.75, 3.05) is 19.8 Å². The Morgan fingerprint density at radius 2 is 1.91 bits per heavy atom. The zero-order valence-electron chi connectivity index (χ0n) is 18.3. The molecule has 1 saturated heterocycles. The molecule has 0 bridgehead atoms. The summed E-state index contributed by atoms with van der Waals surface area (Å²) in [5.41, 5.74) is 2.20. The average molecular weight is 449 g/mol.